The van der Waals surface area contributed by atoms with E-state index in [1.165, 1.54) is 0 Å². The molecule has 0 heterocycles. The number of esters is 2. The highest BCUT2D eigenvalue weighted by Crippen LogP contribution is 2.16. The van der Waals surface area contributed by atoms with E-state index >= 15 is 0 Å². The molecule has 0 aromatic carbocycles. The van der Waals surface area contributed by atoms with E-state index in [1.54, 1.807) is 27.7 Å². The zero-order valence-corrected chi connectivity index (χ0v) is 9.70. The van der Waals surface area contributed by atoms with Crippen molar-refractivity contribution in [1.29, 1.82) is 0 Å². The van der Waals surface area contributed by atoms with Crippen molar-refractivity contribution in [2.45, 2.75) is 45.8 Å². The molecule has 4 nitrogen and oxygen atoms in total. The van der Waals surface area contributed by atoms with Crippen molar-refractivity contribution in [2.24, 2.45) is 0 Å². The fourth-order valence-electron chi connectivity index (χ4n) is 1.00. The van der Waals surface area contributed by atoms with E-state index in [0.29, 0.717) is 0 Å². The van der Waals surface area contributed by atoms with Crippen molar-refractivity contribution in [3.63, 3.8) is 0 Å². The summed E-state index contributed by atoms with van der Waals surface area (Å²) in [5.41, 5.74) is -0.864. The van der Waals surface area contributed by atoms with Gasteiger partial charge in [-0.05, 0) is 27.7 Å². The zero-order chi connectivity index (χ0) is 12.1. The van der Waals surface area contributed by atoms with Crippen molar-refractivity contribution >= 4 is 11.9 Å². The first kappa shape index (κ1) is 13.7. The Morgan fingerprint density at radius 3 is 2.33 bits per heavy atom. The first-order valence-electron chi connectivity index (χ1n) is 4.82. The van der Waals surface area contributed by atoms with Crippen molar-refractivity contribution in [3.05, 3.63) is 12.7 Å². The van der Waals surface area contributed by atoms with Gasteiger partial charge in [0.15, 0.2) is 0 Å². The molecule has 0 amide bonds. The Labute approximate surface area is 90.2 Å². The van der Waals surface area contributed by atoms with Gasteiger partial charge in [-0.1, -0.05) is 6.58 Å². The summed E-state index contributed by atoms with van der Waals surface area (Å²) >= 11 is 0. The minimum absolute atomic E-state index is 0.0325. The predicted octanol–water partition coefficient (Wildman–Crippen LogP) is 1.84. The van der Waals surface area contributed by atoms with Crippen molar-refractivity contribution < 1.29 is 19.1 Å². The summed E-state index contributed by atoms with van der Waals surface area (Å²) in [5.74, 6) is -0.927. The van der Waals surface area contributed by atoms with Crippen LogP contribution < -0.4 is 0 Å². The second-order valence-electron chi connectivity index (χ2n) is 4.10. The standard InChI is InChI=1S/C11H18O4/c1-6-9(12)15-11(4,5)7-10(13)14-8(2)3/h6,8H,1,7H2,2-5H3. The van der Waals surface area contributed by atoms with Gasteiger partial charge < -0.3 is 9.47 Å². The van der Waals surface area contributed by atoms with Crippen LogP contribution in [-0.4, -0.2) is 23.6 Å². The van der Waals surface area contributed by atoms with Gasteiger partial charge >= 0.3 is 11.9 Å². The highest BCUT2D eigenvalue weighted by molar-refractivity contribution is 5.82. The molecule has 0 N–H and O–H groups in total. The second-order valence-corrected chi connectivity index (χ2v) is 4.10. The molecule has 0 rings (SSSR count). The Kier molecular flexibility index (Phi) is 5.05. The molecule has 0 aliphatic carbocycles. The maximum Gasteiger partial charge on any atom is 0.330 e. The van der Waals surface area contributed by atoms with Crippen LogP contribution in [0.5, 0.6) is 0 Å². The molecule has 0 bridgehead atoms. The fourth-order valence-corrected chi connectivity index (χ4v) is 1.00. The molecule has 0 unspecified atom stereocenters. The van der Waals surface area contributed by atoms with Crippen LogP contribution in [0.25, 0.3) is 0 Å². The molecular formula is C11H18O4. The lowest BCUT2D eigenvalue weighted by atomic mass is 10.1. The summed E-state index contributed by atoms with van der Waals surface area (Å²) in [6, 6.07) is 0. The second kappa shape index (κ2) is 5.53. The van der Waals surface area contributed by atoms with E-state index in [1.807, 2.05) is 0 Å². The number of carbonyl (C=O) groups is 2. The molecule has 0 radical (unpaired) electrons. The van der Waals surface area contributed by atoms with E-state index in [0.717, 1.165) is 6.08 Å². The highest BCUT2D eigenvalue weighted by atomic mass is 16.6. The van der Waals surface area contributed by atoms with Gasteiger partial charge in [-0.25, -0.2) is 4.79 Å². The van der Waals surface area contributed by atoms with Crippen LogP contribution in [0.2, 0.25) is 0 Å². The van der Waals surface area contributed by atoms with E-state index in [9.17, 15) is 9.59 Å². The summed E-state index contributed by atoms with van der Waals surface area (Å²) < 4.78 is 9.93. The summed E-state index contributed by atoms with van der Waals surface area (Å²) in [4.78, 5) is 22.2. The lowest BCUT2D eigenvalue weighted by Crippen LogP contribution is -2.31. The molecule has 0 aromatic heterocycles. The summed E-state index contributed by atoms with van der Waals surface area (Å²) in [5, 5.41) is 0. The Morgan fingerprint density at radius 2 is 1.93 bits per heavy atom. The molecule has 0 fully saturated rings. The van der Waals surface area contributed by atoms with Crippen LogP contribution in [0.15, 0.2) is 12.7 Å². The SMILES string of the molecule is C=CC(=O)OC(C)(C)CC(=O)OC(C)C. The Bertz CT molecular complexity index is 253. The molecule has 0 saturated heterocycles. The highest BCUT2D eigenvalue weighted by Gasteiger charge is 2.26. The molecule has 0 aliphatic heterocycles. The van der Waals surface area contributed by atoms with Gasteiger partial charge in [-0.2, -0.15) is 0 Å². The zero-order valence-electron chi connectivity index (χ0n) is 9.70. The van der Waals surface area contributed by atoms with Crippen LogP contribution in [0.3, 0.4) is 0 Å². The largest absolute Gasteiger partial charge is 0.463 e. The number of ether oxygens (including phenoxy) is 2. The maximum atomic E-state index is 11.3. The molecule has 0 saturated carbocycles. The minimum atomic E-state index is -0.864. The fraction of sp³-hybridized carbons (Fsp3) is 0.636. The average Bonchev–Trinajstić information content (AvgIpc) is 1.99. The van der Waals surface area contributed by atoms with Gasteiger partial charge in [0.2, 0.25) is 0 Å². The first-order valence-corrected chi connectivity index (χ1v) is 4.82. The first-order chi connectivity index (χ1) is 6.76. The van der Waals surface area contributed by atoms with Crippen molar-refractivity contribution in [3.8, 4) is 0 Å². The van der Waals surface area contributed by atoms with E-state index in [2.05, 4.69) is 6.58 Å². The number of hydrogen-bond donors (Lipinski definition) is 0. The van der Waals surface area contributed by atoms with E-state index in [4.69, 9.17) is 9.47 Å². The molecule has 0 spiro atoms. The molecule has 15 heavy (non-hydrogen) atoms. The smallest absolute Gasteiger partial charge is 0.330 e. The van der Waals surface area contributed by atoms with E-state index < -0.39 is 11.6 Å². The Balaban J connectivity index is 4.18. The lowest BCUT2D eigenvalue weighted by molar-refractivity contribution is -0.160. The average molecular weight is 214 g/mol. The number of carbonyl (C=O) groups excluding carboxylic acids is 2. The summed E-state index contributed by atoms with van der Waals surface area (Å²) in [6.07, 6.45) is 0.934. The van der Waals surface area contributed by atoms with Crippen LogP contribution in [0.4, 0.5) is 0 Å². The third-order valence-corrected chi connectivity index (χ3v) is 1.48. The predicted molar refractivity (Wildman–Crippen MR) is 56.2 cm³/mol. The number of rotatable bonds is 5. The third kappa shape index (κ3) is 6.71. The molecule has 0 aromatic rings. The van der Waals surface area contributed by atoms with Gasteiger partial charge in [0, 0.05) is 6.08 Å². The van der Waals surface area contributed by atoms with Crippen LogP contribution in [-0.2, 0) is 19.1 Å². The monoisotopic (exact) mass is 214 g/mol. The topological polar surface area (TPSA) is 52.6 Å². The quantitative estimate of drug-likeness (QED) is 0.517. The molecule has 4 heteroatoms. The molecule has 0 atom stereocenters. The third-order valence-electron chi connectivity index (χ3n) is 1.48. The van der Waals surface area contributed by atoms with Crippen LogP contribution in [0, 0.1) is 0 Å². The summed E-state index contributed by atoms with van der Waals surface area (Å²) in [6.45, 7) is 10.1. The molecule has 86 valence electrons. The van der Waals surface area contributed by atoms with Crippen LogP contribution >= 0.6 is 0 Å². The van der Waals surface area contributed by atoms with Crippen molar-refractivity contribution in [2.75, 3.05) is 0 Å². The van der Waals surface area contributed by atoms with Gasteiger partial charge in [0.25, 0.3) is 0 Å². The molecular weight excluding hydrogens is 196 g/mol. The van der Waals surface area contributed by atoms with Gasteiger partial charge in [-0.15, -0.1) is 0 Å². The van der Waals surface area contributed by atoms with Gasteiger partial charge in [0.05, 0.1) is 12.5 Å². The van der Waals surface area contributed by atoms with Gasteiger partial charge in [-0.3, -0.25) is 4.79 Å². The Hall–Kier alpha value is -1.32. The number of hydrogen-bond acceptors (Lipinski definition) is 4. The minimum Gasteiger partial charge on any atom is -0.463 e. The molecule has 0 aliphatic rings. The van der Waals surface area contributed by atoms with Gasteiger partial charge in [0.1, 0.15) is 5.60 Å². The van der Waals surface area contributed by atoms with Crippen LogP contribution in [0.1, 0.15) is 34.1 Å². The lowest BCUT2D eigenvalue weighted by Gasteiger charge is -2.23. The maximum absolute atomic E-state index is 11.3. The van der Waals surface area contributed by atoms with Crippen molar-refractivity contribution in [1.82, 2.24) is 0 Å². The summed E-state index contributed by atoms with van der Waals surface area (Å²) in [7, 11) is 0. The normalized spacial score (nSPS) is 11.0. The van der Waals surface area contributed by atoms with E-state index in [-0.39, 0.29) is 18.5 Å². The Morgan fingerprint density at radius 1 is 1.40 bits per heavy atom.